The van der Waals surface area contributed by atoms with Crippen LogP contribution in [0.1, 0.15) is 26.3 Å². The van der Waals surface area contributed by atoms with E-state index in [9.17, 15) is 9.59 Å². The number of hydrogen-bond acceptors (Lipinski definition) is 2. The van der Waals surface area contributed by atoms with Gasteiger partial charge in [-0.1, -0.05) is 36.4 Å². The first-order valence-corrected chi connectivity index (χ1v) is 5.75. The molecule has 0 aliphatic carbocycles. The molecule has 0 saturated carbocycles. The lowest BCUT2D eigenvalue weighted by Crippen LogP contribution is -2.41. The molecule has 2 N–H and O–H groups in total. The minimum absolute atomic E-state index is 0.365. The van der Waals surface area contributed by atoms with Gasteiger partial charge in [-0.2, -0.15) is 0 Å². The second-order valence-electron chi connectivity index (χ2n) is 3.93. The largest absolute Gasteiger partial charge is 0.269 e. The molecule has 0 saturated heterocycles. The minimum Gasteiger partial charge on any atom is -0.267 e. The Balaban J connectivity index is 1.98. The van der Waals surface area contributed by atoms with Gasteiger partial charge in [0.15, 0.2) is 0 Å². The van der Waals surface area contributed by atoms with E-state index in [1.165, 1.54) is 0 Å². The van der Waals surface area contributed by atoms with Crippen LogP contribution in [0.4, 0.5) is 0 Å². The number of nitrogens with one attached hydrogen (secondary N) is 2. The van der Waals surface area contributed by atoms with Crippen LogP contribution in [0.5, 0.6) is 0 Å². The van der Waals surface area contributed by atoms with Crippen LogP contribution in [-0.2, 0) is 0 Å². The lowest BCUT2D eigenvalue weighted by molar-refractivity contribution is 0.0846. The molecule has 0 aliphatic rings. The third kappa shape index (κ3) is 3.19. The van der Waals surface area contributed by atoms with E-state index < -0.39 is 5.91 Å². The second-order valence-corrected chi connectivity index (χ2v) is 3.93. The summed E-state index contributed by atoms with van der Waals surface area (Å²) in [5.74, 6) is -0.759. The molecule has 2 rings (SSSR count). The van der Waals surface area contributed by atoms with Crippen molar-refractivity contribution in [3.8, 4) is 0 Å². The fraction of sp³-hybridized carbons (Fsp3) is 0. The quantitative estimate of drug-likeness (QED) is 0.804. The van der Waals surface area contributed by atoms with Gasteiger partial charge in [-0.05, 0) is 30.7 Å². The zero-order valence-corrected chi connectivity index (χ0v) is 10.2. The van der Waals surface area contributed by atoms with Crippen molar-refractivity contribution < 1.29 is 9.59 Å². The number of amides is 2. The van der Waals surface area contributed by atoms with Gasteiger partial charge in [0.1, 0.15) is 0 Å². The molecule has 0 bridgehead atoms. The molecule has 19 heavy (non-hydrogen) atoms. The molecule has 4 heteroatoms. The normalized spacial score (nSPS) is 9.74. The minimum atomic E-state index is -0.394. The van der Waals surface area contributed by atoms with E-state index in [0.29, 0.717) is 16.7 Å². The first-order valence-electron chi connectivity index (χ1n) is 5.75. The molecule has 0 fully saturated rings. The van der Waals surface area contributed by atoms with Gasteiger partial charge in [-0.25, -0.2) is 0 Å². The van der Waals surface area contributed by atoms with Crippen LogP contribution in [0, 0.1) is 6.92 Å². The molecule has 1 radical (unpaired) electrons. The molecular weight excluding hydrogens is 240 g/mol. The third-order valence-electron chi connectivity index (χ3n) is 2.59. The predicted molar refractivity (Wildman–Crippen MR) is 72.3 cm³/mol. The van der Waals surface area contributed by atoms with E-state index in [-0.39, 0.29) is 5.91 Å². The summed E-state index contributed by atoms with van der Waals surface area (Å²) in [5.41, 5.74) is 6.23. The Morgan fingerprint density at radius 2 is 1.37 bits per heavy atom. The van der Waals surface area contributed by atoms with E-state index >= 15 is 0 Å². The predicted octanol–water partition coefficient (Wildman–Crippen LogP) is 1.94. The highest BCUT2D eigenvalue weighted by atomic mass is 16.2. The van der Waals surface area contributed by atoms with Gasteiger partial charge in [0.05, 0.1) is 0 Å². The summed E-state index contributed by atoms with van der Waals surface area (Å²) in [6, 6.07) is 15.6. The highest BCUT2D eigenvalue weighted by Gasteiger charge is 2.10. The molecule has 0 spiro atoms. The number of rotatable bonds is 2. The molecule has 2 aromatic rings. The van der Waals surface area contributed by atoms with Crippen molar-refractivity contribution >= 4 is 11.8 Å². The van der Waals surface area contributed by atoms with E-state index in [4.69, 9.17) is 0 Å². The van der Waals surface area contributed by atoms with Crippen molar-refractivity contribution in [3.05, 3.63) is 78.2 Å². The first-order chi connectivity index (χ1) is 9.18. The molecule has 0 aromatic heterocycles. The molecular formula is C15H13N2O2. The monoisotopic (exact) mass is 253 g/mol. The number of carbonyl (C=O) groups is 2. The summed E-state index contributed by atoms with van der Waals surface area (Å²) in [7, 11) is 0. The Hall–Kier alpha value is -2.62. The summed E-state index contributed by atoms with van der Waals surface area (Å²) in [6.45, 7) is 3.75. The van der Waals surface area contributed by atoms with Crippen LogP contribution in [0.25, 0.3) is 0 Å². The Morgan fingerprint density at radius 1 is 0.789 bits per heavy atom. The molecule has 2 amide bonds. The zero-order chi connectivity index (χ0) is 13.7. The first kappa shape index (κ1) is 12.8. The van der Waals surface area contributed by atoms with E-state index in [2.05, 4.69) is 17.8 Å². The lowest BCUT2D eigenvalue weighted by atomic mass is 10.1. The standard InChI is InChI=1S/C15H13N2O2/c1-11-7-5-6-10-13(11)15(19)17-16-14(18)12-8-3-2-4-9-12/h2-10H,1H2,(H,16,18)(H,17,19). The zero-order valence-electron chi connectivity index (χ0n) is 10.2. The highest BCUT2D eigenvalue weighted by molar-refractivity contribution is 5.99. The maximum absolute atomic E-state index is 11.8. The van der Waals surface area contributed by atoms with Crippen LogP contribution in [0.15, 0.2) is 54.6 Å². The van der Waals surface area contributed by atoms with E-state index in [1.54, 1.807) is 48.5 Å². The van der Waals surface area contributed by atoms with Crippen molar-refractivity contribution in [3.63, 3.8) is 0 Å². The second kappa shape index (κ2) is 5.82. The summed E-state index contributed by atoms with van der Waals surface area (Å²) in [5, 5.41) is 0. The summed E-state index contributed by atoms with van der Waals surface area (Å²) >= 11 is 0. The third-order valence-corrected chi connectivity index (χ3v) is 2.59. The molecule has 2 aromatic carbocycles. The molecule has 0 unspecified atom stereocenters. The van der Waals surface area contributed by atoms with Crippen LogP contribution in [-0.4, -0.2) is 11.8 Å². The van der Waals surface area contributed by atoms with E-state index in [0.717, 1.165) is 0 Å². The molecule has 4 nitrogen and oxygen atoms in total. The van der Waals surface area contributed by atoms with Crippen molar-refractivity contribution in [1.82, 2.24) is 10.9 Å². The van der Waals surface area contributed by atoms with Gasteiger partial charge in [0, 0.05) is 11.1 Å². The SMILES string of the molecule is [CH2]c1ccccc1C(=O)NNC(=O)c1ccccc1. The fourth-order valence-corrected chi connectivity index (χ4v) is 1.58. The number of benzene rings is 2. The average Bonchev–Trinajstić information content (AvgIpc) is 2.46. The maximum atomic E-state index is 11.8. The Morgan fingerprint density at radius 3 is 2.05 bits per heavy atom. The fourth-order valence-electron chi connectivity index (χ4n) is 1.58. The van der Waals surface area contributed by atoms with Crippen molar-refractivity contribution in [2.75, 3.05) is 0 Å². The summed E-state index contributed by atoms with van der Waals surface area (Å²) in [4.78, 5) is 23.6. The van der Waals surface area contributed by atoms with Crippen LogP contribution in [0.3, 0.4) is 0 Å². The number of hydrogen-bond donors (Lipinski definition) is 2. The molecule has 0 aliphatic heterocycles. The maximum Gasteiger partial charge on any atom is 0.269 e. The van der Waals surface area contributed by atoms with E-state index in [1.807, 2.05) is 6.07 Å². The summed E-state index contributed by atoms with van der Waals surface area (Å²) in [6.07, 6.45) is 0. The molecule has 95 valence electrons. The molecule has 0 atom stereocenters. The van der Waals surface area contributed by atoms with Crippen molar-refractivity contribution in [2.24, 2.45) is 0 Å². The number of carbonyl (C=O) groups excluding carboxylic acids is 2. The van der Waals surface area contributed by atoms with Gasteiger partial charge in [0.2, 0.25) is 0 Å². The number of hydrazine groups is 1. The Labute approximate surface area is 111 Å². The Bertz CT molecular complexity index is 594. The topological polar surface area (TPSA) is 58.2 Å². The molecule has 0 heterocycles. The van der Waals surface area contributed by atoms with Gasteiger partial charge >= 0.3 is 0 Å². The lowest BCUT2D eigenvalue weighted by Gasteiger charge is -2.08. The van der Waals surface area contributed by atoms with Crippen molar-refractivity contribution in [2.45, 2.75) is 0 Å². The van der Waals surface area contributed by atoms with Gasteiger partial charge in [-0.3, -0.25) is 20.4 Å². The van der Waals surface area contributed by atoms with Crippen LogP contribution < -0.4 is 10.9 Å². The summed E-state index contributed by atoms with van der Waals surface area (Å²) < 4.78 is 0. The van der Waals surface area contributed by atoms with Crippen LogP contribution >= 0.6 is 0 Å². The highest BCUT2D eigenvalue weighted by Crippen LogP contribution is 2.06. The van der Waals surface area contributed by atoms with Crippen molar-refractivity contribution in [1.29, 1.82) is 0 Å². The smallest absolute Gasteiger partial charge is 0.267 e. The van der Waals surface area contributed by atoms with Gasteiger partial charge in [-0.15, -0.1) is 0 Å². The average molecular weight is 253 g/mol. The Kier molecular flexibility index (Phi) is 3.93. The van der Waals surface area contributed by atoms with Crippen LogP contribution in [0.2, 0.25) is 0 Å². The van der Waals surface area contributed by atoms with Gasteiger partial charge < -0.3 is 0 Å². The van der Waals surface area contributed by atoms with Gasteiger partial charge in [0.25, 0.3) is 11.8 Å².